The zero-order valence-electron chi connectivity index (χ0n) is 21.9. The van der Waals surface area contributed by atoms with Gasteiger partial charge in [0.15, 0.2) is 0 Å². The van der Waals surface area contributed by atoms with Crippen LogP contribution in [0.3, 0.4) is 0 Å². The van der Waals surface area contributed by atoms with Gasteiger partial charge in [0.1, 0.15) is 0 Å². The lowest BCUT2D eigenvalue weighted by Crippen LogP contribution is -2.48. The lowest BCUT2D eigenvalue weighted by Gasteiger charge is -2.43. The van der Waals surface area contributed by atoms with Crippen molar-refractivity contribution in [1.82, 2.24) is 10.2 Å². The molecular weight excluding hydrogens is 460 g/mol. The van der Waals surface area contributed by atoms with E-state index >= 15 is 0 Å². The van der Waals surface area contributed by atoms with Crippen molar-refractivity contribution in [3.8, 4) is 0 Å². The molecule has 1 saturated heterocycles. The molecule has 0 radical (unpaired) electrons. The number of aliphatic hydroxyl groups excluding tert-OH is 1. The van der Waals surface area contributed by atoms with Crippen molar-refractivity contribution in [2.45, 2.75) is 95.7 Å². The second-order valence-electron chi connectivity index (χ2n) is 11.2. The van der Waals surface area contributed by atoms with Crippen LogP contribution in [0, 0.1) is 17.8 Å². The molecule has 1 aliphatic heterocycles. The lowest BCUT2D eigenvalue weighted by atomic mass is 9.74. The molecule has 3 N–H and O–H groups in total. The van der Waals surface area contributed by atoms with Gasteiger partial charge in [-0.05, 0) is 88.6 Å². The molecule has 5 nitrogen and oxygen atoms in total. The fraction of sp³-hybridized carbons (Fsp3) is 0.759. The standard InChI is InChI=1S/C29H47ClN2O3/c1-22(33)9-7-15-29(35,25-12-6-14-27(30)19-25)26-13-8-16-32(21-26)28(34)18-24(20-31-2)17-23-10-4-3-5-11-23/h6,12,14,19,22-24,26,31,33,35H,3-5,7-11,13,15-18,20-21H2,1-2H3/t22?,24-,26-,29-/m1/s1. The minimum Gasteiger partial charge on any atom is -0.393 e. The van der Waals surface area contributed by atoms with Gasteiger partial charge >= 0.3 is 0 Å². The van der Waals surface area contributed by atoms with Gasteiger partial charge in [-0.25, -0.2) is 0 Å². The SMILES string of the molecule is CNC[C@@H](CC(=O)N1CCC[C@@H]([C@@](O)(CCCC(C)O)c2cccc(Cl)c2)C1)CC1CCCCC1. The second-order valence-corrected chi connectivity index (χ2v) is 11.7. The molecule has 3 rings (SSSR count). The Hall–Kier alpha value is -1.14. The Labute approximate surface area is 217 Å². The van der Waals surface area contributed by atoms with E-state index in [0.29, 0.717) is 36.7 Å². The van der Waals surface area contributed by atoms with Gasteiger partial charge in [0.05, 0.1) is 11.7 Å². The molecule has 1 aromatic rings. The molecule has 0 spiro atoms. The molecule has 0 bridgehead atoms. The first-order valence-electron chi connectivity index (χ1n) is 13.9. The first-order valence-corrected chi connectivity index (χ1v) is 14.3. The number of halogens is 1. The van der Waals surface area contributed by atoms with Crippen LogP contribution in [-0.4, -0.2) is 53.8 Å². The molecule has 1 aliphatic carbocycles. The number of aliphatic hydroxyl groups is 2. The zero-order valence-corrected chi connectivity index (χ0v) is 22.6. The van der Waals surface area contributed by atoms with E-state index in [-0.39, 0.29) is 11.8 Å². The Balaban J connectivity index is 1.69. The molecule has 1 aromatic carbocycles. The molecular formula is C29H47ClN2O3. The first kappa shape index (κ1) is 28.4. The summed E-state index contributed by atoms with van der Waals surface area (Å²) in [5.41, 5.74) is -0.245. The van der Waals surface area contributed by atoms with E-state index in [1.165, 1.54) is 32.1 Å². The molecule has 0 aromatic heterocycles. The number of hydrogen-bond acceptors (Lipinski definition) is 4. The van der Waals surface area contributed by atoms with Crippen LogP contribution < -0.4 is 5.32 Å². The number of carbonyl (C=O) groups is 1. The molecule has 1 saturated carbocycles. The summed E-state index contributed by atoms with van der Waals surface area (Å²) in [6.45, 7) is 4.01. The number of piperidine rings is 1. The van der Waals surface area contributed by atoms with Crippen molar-refractivity contribution in [1.29, 1.82) is 0 Å². The third kappa shape index (κ3) is 8.45. The summed E-state index contributed by atoms with van der Waals surface area (Å²) < 4.78 is 0. The highest BCUT2D eigenvalue weighted by atomic mass is 35.5. The largest absolute Gasteiger partial charge is 0.393 e. The summed E-state index contributed by atoms with van der Waals surface area (Å²) in [6.07, 6.45) is 11.6. The van der Waals surface area contributed by atoms with E-state index in [1.807, 2.05) is 36.2 Å². The Morgan fingerprint density at radius 1 is 1.23 bits per heavy atom. The van der Waals surface area contributed by atoms with E-state index in [2.05, 4.69) is 5.32 Å². The van der Waals surface area contributed by atoms with Gasteiger partial charge in [0, 0.05) is 30.5 Å². The third-order valence-electron chi connectivity index (χ3n) is 8.30. The summed E-state index contributed by atoms with van der Waals surface area (Å²) in [5, 5.41) is 25.7. The van der Waals surface area contributed by atoms with Gasteiger partial charge in [0.25, 0.3) is 0 Å². The number of nitrogens with zero attached hydrogens (tertiary/aromatic N) is 1. The van der Waals surface area contributed by atoms with Gasteiger partial charge in [-0.15, -0.1) is 0 Å². The lowest BCUT2D eigenvalue weighted by molar-refractivity contribution is -0.138. The molecule has 1 heterocycles. The molecule has 1 unspecified atom stereocenters. The maximum absolute atomic E-state index is 13.5. The first-order chi connectivity index (χ1) is 16.8. The van der Waals surface area contributed by atoms with E-state index < -0.39 is 11.7 Å². The van der Waals surface area contributed by atoms with Gasteiger partial charge in [-0.3, -0.25) is 4.79 Å². The van der Waals surface area contributed by atoms with Crippen molar-refractivity contribution in [3.63, 3.8) is 0 Å². The van der Waals surface area contributed by atoms with Crippen molar-refractivity contribution in [2.75, 3.05) is 26.7 Å². The summed E-state index contributed by atoms with van der Waals surface area (Å²) in [4.78, 5) is 15.5. The zero-order chi connectivity index (χ0) is 25.3. The highest BCUT2D eigenvalue weighted by Gasteiger charge is 2.41. The topological polar surface area (TPSA) is 72.8 Å². The average Bonchev–Trinajstić information content (AvgIpc) is 2.84. The van der Waals surface area contributed by atoms with Gasteiger partial charge in [0.2, 0.25) is 5.91 Å². The number of hydrogen-bond donors (Lipinski definition) is 3. The number of carbonyl (C=O) groups excluding carboxylic acids is 1. The predicted octanol–water partition coefficient (Wildman–Crippen LogP) is 5.51. The van der Waals surface area contributed by atoms with E-state index in [4.69, 9.17) is 11.6 Å². The van der Waals surface area contributed by atoms with E-state index in [0.717, 1.165) is 50.3 Å². The number of amides is 1. The Bertz CT molecular complexity index is 783. The molecule has 35 heavy (non-hydrogen) atoms. The predicted molar refractivity (Wildman–Crippen MR) is 143 cm³/mol. The van der Waals surface area contributed by atoms with E-state index in [1.54, 1.807) is 6.92 Å². The third-order valence-corrected chi connectivity index (χ3v) is 8.54. The molecule has 1 amide bonds. The molecule has 6 heteroatoms. The van der Waals surface area contributed by atoms with Crippen molar-refractivity contribution in [3.05, 3.63) is 34.9 Å². The van der Waals surface area contributed by atoms with Crippen LogP contribution in [0.15, 0.2) is 24.3 Å². The van der Waals surface area contributed by atoms with Crippen LogP contribution in [0.25, 0.3) is 0 Å². The van der Waals surface area contributed by atoms with Crippen LogP contribution >= 0.6 is 11.6 Å². The molecule has 2 aliphatic rings. The normalized spacial score (nSPS) is 23.0. The van der Waals surface area contributed by atoms with Crippen LogP contribution in [0.1, 0.15) is 89.5 Å². The Morgan fingerprint density at radius 3 is 2.69 bits per heavy atom. The molecule has 4 atom stereocenters. The minimum atomic E-state index is -1.06. The maximum Gasteiger partial charge on any atom is 0.222 e. The number of likely N-dealkylation sites (tertiary alicyclic amines) is 1. The highest BCUT2D eigenvalue weighted by molar-refractivity contribution is 6.30. The molecule has 198 valence electrons. The fourth-order valence-corrected chi connectivity index (χ4v) is 6.59. The minimum absolute atomic E-state index is 0.0474. The van der Waals surface area contributed by atoms with Gasteiger partial charge in [-0.1, -0.05) is 55.8 Å². The number of benzene rings is 1. The van der Waals surface area contributed by atoms with Crippen LogP contribution in [0.4, 0.5) is 0 Å². The summed E-state index contributed by atoms with van der Waals surface area (Å²) >= 11 is 6.30. The monoisotopic (exact) mass is 506 g/mol. The van der Waals surface area contributed by atoms with E-state index in [9.17, 15) is 15.0 Å². The van der Waals surface area contributed by atoms with Crippen molar-refractivity contribution < 1.29 is 15.0 Å². The van der Waals surface area contributed by atoms with Crippen LogP contribution in [-0.2, 0) is 10.4 Å². The Kier molecular flexibility index (Phi) is 11.3. The van der Waals surface area contributed by atoms with Crippen LogP contribution in [0.5, 0.6) is 0 Å². The van der Waals surface area contributed by atoms with Gasteiger partial charge < -0.3 is 20.4 Å². The number of nitrogens with one attached hydrogen (secondary N) is 1. The fourth-order valence-electron chi connectivity index (χ4n) is 6.40. The van der Waals surface area contributed by atoms with Crippen LogP contribution in [0.2, 0.25) is 5.02 Å². The van der Waals surface area contributed by atoms with Crippen molar-refractivity contribution >= 4 is 17.5 Å². The molecule has 2 fully saturated rings. The second kappa shape index (κ2) is 14.0. The smallest absolute Gasteiger partial charge is 0.222 e. The average molecular weight is 507 g/mol. The number of rotatable bonds is 12. The maximum atomic E-state index is 13.5. The highest BCUT2D eigenvalue weighted by Crippen LogP contribution is 2.41. The van der Waals surface area contributed by atoms with Crippen molar-refractivity contribution in [2.24, 2.45) is 17.8 Å². The summed E-state index contributed by atoms with van der Waals surface area (Å²) in [5.74, 6) is 1.30. The quantitative estimate of drug-likeness (QED) is 0.349. The summed E-state index contributed by atoms with van der Waals surface area (Å²) in [7, 11) is 1.98. The van der Waals surface area contributed by atoms with Gasteiger partial charge in [-0.2, -0.15) is 0 Å². The Morgan fingerprint density at radius 2 is 2.00 bits per heavy atom. The summed E-state index contributed by atoms with van der Waals surface area (Å²) in [6, 6.07) is 7.52.